The summed E-state index contributed by atoms with van der Waals surface area (Å²) < 4.78 is 1.11. The summed E-state index contributed by atoms with van der Waals surface area (Å²) in [5, 5.41) is 21.2. The topological polar surface area (TPSA) is 95.0 Å². The van der Waals surface area contributed by atoms with Gasteiger partial charge in [0.1, 0.15) is 16.0 Å². The Bertz CT molecular complexity index is 1020. The van der Waals surface area contributed by atoms with Crippen LogP contribution in [-0.2, 0) is 0 Å². The third-order valence-electron chi connectivity index (χ3n) is 6.19. The Morgan fingerprint density at radius 3 is 2.65 bits per heavy atom. The molecule has 1 aromatic carbocycles. The Balaban J connectivity index is 1.50. The minimum absolute atomic E-state index is 0.232. The van der Waals surface area contributed by atoms with Crippen LogP contribution >= 0.6 is 22.9 Å². The molecule has 0 radical (unpaired) electrons. The number of hydrogen-bond donors (Lipinski definition) is 4. The number of hydrogen-bond acceptors (Lipinski definition) is 8. The number of para-hydroxylation sites is 1. The summed E-state index contributed by atoms with van der Waals surface area (Å²) in [4.78, 5) is 14.2. The fraction of sp³-hybridized carbons (Fsp3) is 0.500. The molecule has 2 atom stereocenters. The Hall–Kier alpha value is -2.00. The van der Waals surface area contributed by atoms with Gasteiger partial charge in [-0.25, -0.2) is 9.97 Å². The first-order chi connectivity index (χ1) is 15.2. The van der Waals surface area contributed by atoms with E-state index in [-0.39, 0.29) is 12.6 Å². The minimum atomic E-state index is 0.232. The molecule has 1 aliphatic carbocycles. The summed E-state index contributed by atoms with van der Waals surface area (Å²) in [6, 6.07) is 8.66. The van der Waals surface area contributed by atoms with E-state index in [2.05, 4.69) is 27.0 Å². The molecule has 4 N–H and O–H groups in total. The first-order valence-corrected chi connectivity index (χ1v) is 12.2. The Morgan fingerprint density at radius 1 is 1.03 bits per heavy atom. The summed E-state index contributed by atoms with van der Waals surface area (Å²) in [6.45, 7) is 2.21. The van der Waals surface area contributed by atoms with Crippen LogP contribution in [0.5, 0.6) is 0 Å². The van der Waals surface area contributed by atoms with Crippen molar-refractivity contribution in [3.63, 3.8) is 0 Å². The van der Waals surface area contributed by atoms with Crippen molar-refractivity contribution in [1.29, 1.82) is 0 Å². The lowest BCUT2D eigenvalue weighted by Crippen LogP contribution is -2.35. The van der Waals surface area contributed by atoms with Gasteiger partial charge in [-0.1, -0.05) is 23.7 Å². The lowest BCUT2D eigenvalue weighted by molar-refractivity contribution is 0.229. The summed E-state index contributed by atoms with van der Waals surface area (Å²) >= 11 is 8.34. The summed E-state index contributed by atoms with van der Waals surface area (Å²) in [6.07, 6.45) is 5.01. The molecule has 9 heteroatoms. The number of anilines is 2. The largest absolute Gasteiger partial charge is 0.396 e. The van der Waals surface area contributed by atoms with E-state index in [1.165, 1.54) is 0 Å². The van der Waals surface area contributed by atoms with Crippen molar-refractivity contribution in [3.05, 3.63) is 29.4 Å². The molecule has 2 fully saturated rings. The fourth-order valence-electron chi connectivity index (χ4n) is 4.49. The molecule has 1 saturated heterocycles. The van der Waals surface area contributed by atoms with E-state index in [1.807, 2.05) is 18.2 Å². The number of aliphatic hydroxyl groups excluding tert-OH is 1. The molecular weight excluding hydrogens is 432 g/mol. The second kappa shape index (κ2) is 9.24. The second-order valence-electron chi connectivity index (χ2n) is 8.42. The van der Waals surface area contributed by atoms with Gasteiger partial charge < -0.3 is 21.1 Å². The average Bonchev–Trinajstić information content (AvgIpc) is 3.40. The molecule has 0 unspecified atom stereocenters. The van der Waals surface area contributed by atoms with Gasteiger partial charge in [0.05, 0.1) is 15.8 Å². The van der Waals surface area contributed by atoms with Crippen LogP contribution in [0.4, 0.5) is 11.8 Å². The van der Waals surface area contributed by atoms with Crippen LogP contribution in [0.2, 0.25) is 5.15 Å². The predicted molar refractivity (Wildman–Crippen MR) is 127 cm³/mol. The lowest BCUT2D eigenvalue weighted by Gasteiger charge is -2.24. The standard InChI is InChI=1S/C22H27ClN6OS/c23-19-18(21-27-16-3-1-2-4-17(16)31-21)20(25-15-6-5-13(11-15)12-30)29-22(28-19)26-14-7-9-24-10-8-14/h1-4,13-15,24,30H,5-12H2,(H2,25,26,28,29)/t13-,15+/m1/s1. The zero-order chi connectivity index (χ0) is 21.2. The Morgan fingerprint density at radius 2 is 1.87 bits per heavy atom. The van der Waals surface area contributed by atoms with E-state index in [0.29, 0.717) is 23.1 Å². The second-order valence-corrected chi connectivity index (χ2v) is 9.81. The van der Waals surface area contributed by atoms with Crippen molar-refractivity contribution >= 4 is 44.9 Å². The maximum absolute atomic E-state index is 9.54. The molecule has 5 rings (SSSR count). The molecule has 7 nitrogen and oxygen atoms in total. The van der Waals surface area contributed by atoms with Crippen molar-refractivity contribution in [2.24, 2.45) is 5.92 Å². The van der Waals surface area contributed by atoms with Crippen LogP contribution in [0.3, 0.4) is 0 Å². The molecule has 0 amide bonds. The lowest BCUT2D eigenvalue weighted by atomic mass is 10.1. The quantitative estimate of drug-likeness (QED) is 0.412. The monoisotopic (exact) mass is 458 g/mol. The van der Waals surface area contributed by atoms with Gasteiger partial charge in [0, 0.05) is 18.7 Å². The van der Waals surface area contributed by atoms with Gasteiger partial charge in [-0.05, 0) is 63.2 Å². The van der Waals surface area contributed by atoms with Crippen molar-refractivity contribution < 1.29 is 5.11 Å². The van der Waals surface area contributed by atoms with Gasteiger partial charge in [-0.3, -0.25) is 0 Å². The highest BCUT2D eigenvalue weighted by Crippen LogP contribution is 2.39. The molecule has 31 heavy (non-hydrogen) atoms. The maximum atomic E-state index is 9.54. The summed E-state index contributed by atoms with van der Waals surface area (Å²) in [7, 11) is 0. The normalized spacial score (nSPS) is 22.1. The summed E-state index contributed by atoms with van der Waals surface area (Å²) in [5.74, 6) is 1.62. The molecule has 1 aliphatic heterocycles. The van der Waals surface area contributed by atoms with Crippen LogP contribution in [0.25, 0.3) is 20.8 Å². The van der Waals surface area contributed by atoms with E-state index < -0.39 is 0 Å². The number of halogens is 1. The molecule has 1 saturated carbocycles. The van der Waals surface area contributed by atoms with Crippen LogP contribution in [0.1, 0.15) is 32.1 Å². The van der Waals surface area contributed by atoms with Crippen LogP contribution in [0.15, 0.2) is 24.3 Å². The van der Waals surface area contributed by atoms with Crippen molar-refractivity contribution in [1.82, 2.24) is 20.3 Å². The molecule has 164 valence electrons. The molecule has 3 heterocycles. The number of benzene rings is 1. The van der Waals surface area contributed by atoms with Gasteiger partial charge in [-0.15, -0.1) is 11.3 Å². The van der Waals surface area contributed by atoms with Gasteiger partial charge in [-0.2, -0.15) is 4.98 Å². The first-order valence-electron chi connectivity index (χ1n) is 11.0. The zero-order valence-corrected chi connectivity index (χ0v) is 18.8. The maximum Gasteiger partial charge on any atom is 0.226 e. The molecule has 3 aromatic rings. The highest BCUT2D eigenvalue weighted by Gasteiger charge is 2.27. The third kappa shape index (κ3) is 4.62. The first kappa shape index (κ1) is 20.9. The number of fused-ring (bicyclic) bond motifs is 1. The third-order valence-corrected chi connectivity index (χ3v) is 7.51. The minimum Gasteiger partial charge on any atom is -0.396 e. The van der Waals surface area contributed by atoms with Crippen molar-refractivity contribution in [3.8, 4) is 10.6 Å². The van der Waals surface area contributed by atoms with E-state index in [9.17, 15) is 5.11 Å². The van der Waals surface area contributed by atoms with Crippen molar-refractivity contribution in [2.75, 3.05) is 30.3 Å². The van der Waals surface area contributed by atoms with Gasteiger partial charge in [0.15, 0.2) is 0 Å². The molecule has 0 bridgehead atoms. The zero-order valence-electron chi connectivity index (χ0n) is 17.3. The molecule has 0 spiro atoms. The van der Waals surface area contributed by atoms with Gasteiger partial charge in [0.2, 0.25) is 5.95 Å². The number of nitrogens with one attached hydrogen (secondary N) is 3. The van der Waals surface area contributed by atoms with Crippen molar-refractivity contribution in [2.45, 2.75) is 44.2 Å². The number of aliphatic hydroxyl groups is 1. The predicted octanol–water partition coefficient (Wildman–Crippen LogP) is 4.14. The van der Waals surface area contributed by atoms with Crippen LogP contribution < -0.4 is 16.0 Å². The number of rotatable bonds is 6. The molecular formula is C22H27ClN6OS. The number of nitrogens with zero attached hydrogens (tertiary/aromatic N) is 3. The number of aromatic nitrogens is 3. The summed E-state index contributed by atoms with van der Waals surface area (Å²) in [5.41, 5.74) is 1.70. The smallest absolute Gasteiger partial charge is 0.226 e. The Kier molecular flexibility index (Phi) is 6.22. The van der Waals surface area contributed by atoms with E-state index in [1.54, 1.807) is 11.3 Å². The number of thiazole rings is 1. The van der Waals surface area contributed by atoms with E-state index >= 15 is 0 Å². The molecule has 2 aromatic heterocycles. The van der Waals surface area contributed by atoms with Crippen LogP contribution in [-0.4, -0.2) is 51.8 Å². The Labute approximate surface area is 190 Å². The highest BCUT2D eigenvalue weighted by molar-refractivity contribution is 7.21. The highest BCUT2D eigenvalue weighted by atomic mass is 35.5. The average molecular weight is 459 g/mol. The van der Waals surface area contributed by atoms with Crippen LogP contribution in [0, 0.1) is 5.92 Å². The molecule has 2 aliphatic rings. The van der Waals surface area contributed by atoms with Gasteiger partial charge >= 0.3 is 0 Å². The number of piperidine rings is 1. The van der Waals surface area contributed by atoms with E-state index in [4.69, 9.17) is 21.6 Å². The SMILES string of the molecule is OC[C@@H]1CC[C@H](Nc2nc(NC3CCNCC3)nc(Cl)c2-c2nc3ccccc3s2)C1. The van der Waals surface area contributed by atoms with E-state index in [0.717, 1.165) is 71.8 Å². The van der Waals surface area contributed by atoms with Gasteiger partial charge in [0.25, 0.3) is 0 Å². The fourth-order valence-corrected chi connectivity index (χ4v) is 5.81.